The van der Waals surface area contributed by atoms with E-state index in [-0.39, 0.29) is 36.5 Å². The van der Waals surface area contributed by atoms with Crippen LogP contribution in [-0.4, -0.2) is 38.5 Å². The molecule has 1 aromatic rings. The fourth-order valence-electron chi connectivity index (χ4n) is 1.97. The van der Waals surface area contributed by atoms with Crippen LogP contribution < -0.4 is 5.73 Å². The molecule has 0 amide bonds. The number of anilines is 1. The van der Waals surface area contributed by atoms with E-state index >= 15 is 0 Å². The van der Waals surface area contributed by atoms with E-state index in [4.69, 9.17) is 22.1 Å². The molecule has 1 aromatic carbocycles. The highest BCUT2D eigenvalue weighted by atomic mass is 35.5. The second-order valence-electron chi connectivity index (χ2n) is 4.35. The van der Waals surface area contributed by atoms with Crippen molar-refractivity contribution in [3.05, 3.63) is 23.0 Å². The smallest absolute Gasteiger partial charge is 0.246 e. The fraction of sp³-hybridized carbons (Fsp3) is 0.455. The van der Waals surface area contributed by atoms with Gasteiger partial charge >= 0.3 is 0 Å². The summed E-state index contributed by atoms with van der Waals surface area (Å²) in [6.07, 6.45) is 0. The standard InChI is InChI=1S/C11H14ClFN2O3S/c1-7-6-18-3-2-15(7)19(16,17)10-5-8(12)4-9(14)11(10)13/h4-5,7H,2-3,6,14H2,1H3/t7-/m1/s1. The minimum Gasteiger partial charge on any atom is -0.396 e. The number of sulfonamides is 1. The molecule has 0 saturated carbocycles. The molecule has 0 aromatic heterocycles. The number of nitrogen functional groups attached to an aromatic ring is 1. The first-order valence-electron chi connectivity index (χ1n) is 5.68. The van der Waals surface area contributed by atoms with Gasteiger partial charge in [-0.3, -0.25) is 0 Å². The molecule has 2 N–H and O–H groups in total. The van der Waals surface area contributed by atoms with Crippen molar-refractivity contribution in [3.63, 3.8) is 0 Å². The van der Waals surface area contributed by atoms with Crippen molar-refractivity contribution in [1.82, 2.24) is 4.31 Å². The predicted molar refractivity (Wildman–Crippen MR) is 70.0 cm³/mol. The third kappa shape index (κ3) is 2.69. The Bertz CT molecular complexity index is 594. The normalized spacial score (nSPS) is 21.5. The second-order valence-corrected chi connectivity index (χ2v) is 6.64. The Kier molecular flexibility index (Phi) is 4.00. The molecule has 1 aliphatic heterocycles. The van der Waals surface area contributed by atoms with E-state index < -0.39 is 20.7 Å². The number of ether oxygens (including phenoxy) is 1. The Morgan fingerprint density at radius 3 is 2.84 bits per heavy atom. The number of halogens is 2. The van der Waals surface area contributed by atoms with Gasteiger partial charge in [0.1, 0.15) is 4.90 Å². The summed E-state index contributed by atoms with van der Waals surface area (Å²) in [5.74, 6) is -0.969. The summed E-state index contributed by atoms with van der Waals surface area (Å²) in [5.41, 5.74) is 5.13. The first kappa shape index (κ1) is 14.5. The summed E-state index contributed by atoms with van der Waals surface area (Å²) in [7, 11) is -3.97. The van der Waals surface area contributed by atoms with Gasteiger partial charge in [-0.15, -0.1) is 0 Å². The molecule has 1 fully saturated rings. The molecule has 0 bridgehead atoms. The molecule has 1 atom stereocenters. The number of benzene rings is 1. The molecule has 2 rings (SSSR count). The second kappa shape index (κ2) is 5.24. The van der Waals surface area contributed by atoms with Crippen molar-refractivity contribution in [2.45, 2.75) is 17.9 Å². The lowest BCUT2D eigenvalue weighted by molar-refractivity contribution is 0.0392. The highest BCUT2D eigenvalue weighted by molar-refractivity contribution is 7.89. The largest absolute Gasteiger partial charge is 0.396 e. The van der Waals surface area contributed by atoms with Gasteiger partial charge in [-0.1, -0.05) is 11.6 Å². The first-order valence-corrected chi connectivity index (χ1v) is 7.50. The number of hydrogen-bond donors (Lipinski definition) is 1. The van der Waals surface area contributed by atoms with Crippen molar-refractivity contribution in [2.75, 3.05) is 25.5 Å². The highest BCUT2D eigenvalue weighted by Crippen LogP contribution is 2.29. The van der Waals surface area contributed by atoms with Gasteiger partial charge in [-0.25, -0.2) is 12.8 Å². The molecule has 1 heterocycles. The van der Waals surface area contributed by atoms with Crippen LogP contribution in [0.15, 0.2) is 17.0 Å². The molecule has 19 heavy (non-hydrogen) atoms. The summed E-state index contributed by atoms with van der Waals surface area (Å²) < 4.78 is 45.2. The Balaban J connectivity index is 2.50. The highest BCUT2D eigenvalue weighted by Gasteiger charge is 2.34. The first-order chi connectivity index (χ1) is 8.84. The van der Waals surface area contributed by atoms with E-state index in [1.165, 1.54) is 10.4 Å². The van der Waals surface area contributed by atoms with Crippen LogP contribution in [0.2, 0.25) is 5.02 Å². The van der Waals surface area contributed by atoms with Crippen molar-refractivity contribution in [2.24, 2.45) is 0 Å². The monoisotopic (exact) mass is 308 g/mol. The minimum atomic E-state index is -3.97. The number of nitrogens with two attached hydrogens (primary N) is 1. The molecular weight excluding hydrogens is 295 g/mol. The zero-order valence-corrected chi connectivity index (χ0v) is 11.8. The zero-order valence-electron chi connectivity index (χ0n) is 10.3. The van der Waals surface area contributed by atoms with E-state index in [2.05, 4.69) is 0 Å². The molecule has 0 aliphatic carbocycles. The maximum Gasteiger partial charge on any atom is 0.246 e. The van der Waals surface area contributed by atoms with E-state index in [1.807, 2.05) is 0 Å². The SMILES string of the molecule is C[C@@H]1COCCN1S(=O)(=O)c1cc(Cl)cc(N)c1F. The van der Waals surface area contributed by atoms with Gasteiger partial charge < -0.3 is 10.5 Å². The Morgan fingerprint density at radius 2 is 2.21 bits per heavy atom. The topological polar surface area (TPSA) is 72.6 Å². The van der Waals surface area contributed by atoms with Crippen LogP contribution in [0.25, 0.3) is 0 Å². The van der Waals surface area contributed by atoms with Crippen LogP contribution in [0.3, 0.4) is 0 Å². The zero-order chi connectivity index (χ0) is 14.2. The van der Waals surface area contributed by atoms with Gasteiger partial charge in [0.05, 0.1) is 18.9 Å². The van der Waals surface area contributed by atoms with Gasteiger partial charge in [-0.2, -0.15) is 4.31 Å². The summed E-state index contributed by atoms with van der Waals surface area (Å²) in [5, 5.41) is 0.0818. The molecule has 8 heteroatoms. The molecule has 1 saturated heterocycles. The van der Waals surface area contributed by atoms with Gasteiger partial charge in [0.25, 0.3) is 0 Å². The molecule has 5 nitrogen and oxygen atoms in total. The van der Waals surface area contributed by atoms with Gasteiger partial charge in [0.15, 0.2) is 5.82 Å². The van der Waals surface area contributed by atoms with Crippen molar-refractivity contribution < 1.29 is 17.5 Å². The molecule has 0 unspecified atom stereocenters. The molecule has 1 aliphatic rings. The quantitative estimate of drug-likeness (QED) is 0.840. The Labute approximate surface area is 116 Å². The maximum absolute atomic E-state index is 13.9. The molecule has 0 radical (unpaired) electrons. The molecular formula is C11H14ClFN2O3S. The van der Waals surface area contributed by atoms with E-state index in [9.17, 15) is 12.8 Å². The van der Waals surface area contributed by atoms with Crippen molar-refractivity contribution in [3.8, 4) is 0 Å². The number of hydrogen-bond acceptors (Lipinski definition) is 4. The van der Waals surface area contributed by atoms with Crippen LogP contribution in [-0.2, 0) is 14.8 Å². The average molecular weight is 309 g/mol. The van der Waals surface area contributed by atoms with Crippen molar-refractivity contribution in [1.29, 1.82) is 0 Å². The summed E-state index contributed by atoms with van der Waals surface area (Å²) in [4.78, 5) is -0.494. The average Bonchev–Trinajstić information content (AvgIpc) is 2.34. The number of nitrogens with zero attached hydrogens (tertiary/aromatic N) is 1. The van der Waals surface area contributed by atoms with E-state index in [0.29, 0.717) is 0 Å². The van der Waals surface area contributed by atoms with Crippen LogP contribution in [0.4, 0.5) is 10.1 Å². The van der Waals surface area contributed by atoms with Gasteiger partial charge in [0, 0.05) is 17.6 Å². The van der Waals surface area contributed by atoms with Crippen LogP contribution in [0.5, 0.6) is 0 Å². The summed E-state index contributed by atoms with van der Waals surface area (Å²) in [6, 6.07) is 1.89. The number of rotatable bonds is 2. The van der Waals surface area contributed by atoms with Gasteiger partial charge in [0.2, 0.25) is 10.0 Å². The lowest BCUT2D eigenvalue weighted by Crippen LogP contribution is -2.47. The molecule has 106 valence electrons. The summed E-state index contributed by atoms with van der Waals surface area (Å²) >= 11 is 5.75. The third-order valence-corrected chi connectivity index (χ3v) is 5.16. The summed E-state index contributed by atoms with van der Waals surface area (Å²) in [6.45, 7) is 2.43. The fourth-order valence-corrected chi connectivity index (χ4v) is 3.98. The molecule has 0 spiro atoms. The lowest BCUT2D eigenvalue weighted by atomic mass is 10.3. The van der Waals surface area contributed by atoms with Crippen LogP contribution >= 0.6 is 11.6 Å². The van der Waals surface area contributed by atoms with Gasteiger partial charge in [-0.05, 0) is 19.1 Å². The van der Waals surface area contributed by atoms with Crippen LogP contribution in [0, 0.1) is 5.82 Å². The van der Waals surface area contributed by atoms with Crippen molar-refractivity contribution >= 4 is 27.3 Å². The minimum absolute atomic E-state index is 0.0818. The Hall–Kier alpha value is -0.890. The Morgan fingerprint density at radius 1 is 1.53 bits per heavy atom. The van der Waals surface area contributed by atoms with Crippen LogP contribution in [0.1, 0.15) is 6.92 Å². The number of morpholine rings is 1. The van der Waals surface area contributed by atoms with E-state index in [0.717, 1.165) is 6.07 Å². The lowest BCUT2D eigenvalue weighted by Gasteiger charge is -2.32. The third-order valence-electron chi connectivity index (χ3n) is 2.93. The maximum atomic E-state index is 13.9. The van der Waals surface area contributed by atoms with E-state index in [1.54, 1.807) is 6.92 Å². The predicted octanol–water partition coefficient (Wildman–Crippen LogP) is 1.47.